The zero-order chi connectivity index (χ0) is 15.6. The molecule has 0 spiro atoms. The molecule has 1 amide bonds. The Labute approximate surface area is 122 Å². The number of hydrogen-bond acceptors (Lipinski definition) is 4. The van der Waals surface area contributed by atoms with Gasteiger partial charge in [-0.1, -0.05) is 16.8 Å². The standard InChI is InChI=1S/C12H10ClF3N2O3/c1-6(19)17-4-5-20-8-3-2-7-10(9(8)13)21-18-11(7)12(14,15)16/h2-3H,4-5H2,1H3,(H,17,19). The summed E-state index contributed by atoms with van der Waals surface area (Å²) in [5.74, 6) is -0.0652. The van der Waals surface area contributed by atoms with Crippen LogP contribution in [0.3, 0.4) is 0 Å². The average molecular weight is 323 g/mol. The van der Waals surface area contributed by atoms with Crippen LogP contribution in [0.1, 0.15) is 12.6 Å². The molecule has 0 fully saturated rings. The van der Waals surface area contributed by atoms with Crippen LogP contribution in [-0.4, -0.2) is 24.2 Å². The normalized spacial score (nSPS) is 11.7. The molecule has 1 aromatic heterocycles. The number of aromatic nitrogens is 1. The van der Waals surface area contributed by atoms with Gasteiger partial charge in [0.05, 0.1) is 11.9 Å². The highest BCUT2D eigenvalue weighted by Gasteiger charge is 2.37. The number of amides is 1. The number of rotatable bonds is 4. The second-order valence-electron chi connectivity index (χ2n) is 4.11. The Hall–Kier alpha value is -1.96. The van der Waals surface area contributed by atoms with Crippen molar-refractivity contribution in [3.63, 3.8) is 0 Å². The van der Waals surface area contributed by atoms with E-state index in [9.17, 15) is 18.0 Å². The van der Waals surface area contributed by atoms with Crippen molar-refractivity contribution in [2.75, 3.05) is 13.2 Å². The lowest BCUT2D eigenvalue weighted by atomic mass is 10.2. The van der Waals surface area contributed by atoms with Gasteiger partial charge in [0.25, 0.3) is 0 Å². The number of carbonyl (C=O) groups is 1. The van der Waals surface area contributed by atoms with E-state index in [1.807, 2.05) is 0 Å². The molecule has 0 bridgehead atoms. The van der Waals surface area contributed by atoms with Crippen LogP contribution >= 0.6 is 11.6 Å². The average Bonchev–Trinajstić information content (AvgIpc) is 2.81. The van der Waals surface area contributed by atoms with Gasteiger partial charge < -0.3 is 14.6 Å². The lowest BCUT2D eigenvalue weighted by Crippen LogP contribution is -2.25. The van der Waals surface area contributed by atoms with Gasteiger partial charge in [-0.2, -0.15) is 13.2 Å². The van der Waals surface area contributed by atoms with Crippen LogP contribution < -0.4 is 10.1 Å². The summed E-state index contributed by atoms with van der Waals surface area (Å²) in [6, 6.07) is 2.47. The second kappa shape index (κ2) is 5.80. The molecule has 114 valence electrons. The van der Waals surface area contributed by atoms with Crippen molar-refractivity contribution in [1.82, 2.24) is 10.5 Å². The number of alkyl halides is 3. The van der Waals surface area contributed by atoms with Crippen molar-refractivity contribution >= 4 is 28.5 Å². The topological polar surface area (TPSA) is 64.4 Å². The minimum absolute atomic E-state index is 0.0988. The number of benzene rings is 1. The molecule has 1 heterocycles. The summed E-state index contributed by atoms with van der Waals surface area (Å²) in [5, 5.41) is 5.16. The number of hydrogen-bond donors (Lipinski definition) is 1. The van der Waals surface area contributed by atoms with Crippen molar-refractivity contribution in [3.8, 4) is 5.75 Å². The third-order valence-electron chi connectivity index (χ3n) is 2.55. The number of nitrogens with zero attached hydrogens (tertiary/aromatic N) is 1. The van der Waals surface area contributed by atoms with Gasteiger partial charge in [-0.05, 0) is 12.1 Å². The lowest BCUT2D eigenvalue weighted by Gasteiger charge is -2.08. The molecule has 21 heavy (non-hydrogen) atoms. The summed E-state index contributed by atoms with van der Waals surface area (Å²) in [6.07, 6.45) is -4.62. The van der Waals surface area contributed by atoms with Gasteiger partial charge in [0.15, 0.2) is 11.3 Å². The predicted molar refractivity (Wildman–Crippen MR) is 68.2 cm³/mol. The first kappa shape index (κ1) is 15.4. The third kappa shape index (κ3) is 3.38. The highest BCUT2D eigenvalue weighted by atomic mass is 35.5. The molecule has 0 atom stereocenters. The molecule has 2 rings (SSSR count). The minimum Gasteiger partial charge on any atom is -0.490 e. The van der Waals surface area contributed by atoms with E-state index in [1.165, 1.54) is 19.1 Å². The highest BCUT2D eigenvalue weighted by Crippen LogP contribution is 2.39. The highest BCUT2D eigenvalue weighted by molar-refractivity contribution is 6.36. The van der Waals surface area contributed by atoms with Crippen molar-refractivity contribution in [2.45, 2.75) is 13.1 Å². The van der Waals surface area contributed by atoms with Gasteiger partial charge in [-0.15, -0.1) is 0 Å². The van der Waals surface area contributed by atoms with Crippen LogP contribution in [-0.2, 0) is 11.0 Å². The molecule has 0 aliphatic heterocycles. The van der Waals surface area contributed by atoms with Gasteiger partial charge in [0.1, 0.15) is 17.4 Å². The first-order valence-electron chi connectivity index (χ1n) is 5.83. The smallest absolute Gasteiger partial charge is 0.437 e. The van der Waals surface area contributed by atoms with Crippen molar-refractivity contribution in [2.24, 2.45) is 0 Å². The molecule has 0 radical (unpaired) electrons. The first-order valence-corrected chi connectivity index (χ1v) is 6.21. The molecular weight excluding hydrogens is 313 g/mol. The van der Waals surface area contributed by atoms with Gasteiger partial charge in [-0.25, -0.2) is 0 Å². The van der Waals surface area contributed by atoms with E-state index in [0.717, 1.165) is 0 Å². The molecule has 0 aliphatic carbocycles. The Morgan fingerprint density at radius 1 is 1.48 bits per heavy atom. The number of halogens is 4. The van der Waals surface area contributed by atoms with Gasteiger partial charge in [-0.3, -0.25) is 4.79 Å². The van der Waals surface area contributed by atoms with E-state index in [-0.39, 0.29) is 40.8 Å². The molecular formula is C12H10ClF3N2O3. The number of fused-ring (bicyclic) bond motifs is 1. The summed E-state index contributed by atoms with van der Waals surface area (Å²) in [5.41, 5.74) is -1.33. The molecule has 1 aromatic carbocycles. The monoisotopic (exact) mass is 322 g/mol. The fourth-order valence-electron chi connectivity index (χ4n) is 1.66. The molecule has 9 heteroatoms. The fourth-order valence-corrected chi connectivity index (χ4v) is 1.91. The maximum absolute atomic E-state index is 12.7. The third-order valence-corrected chi connectivity index (χ3v) is 2.91. The first-order chi connectivity index (χ1) is 9.80. The SMILES string of the molecule is CC(=O)NCCOc1ccc2c(C(F)(F)F)noc2c1Cl. The Bertz CT molecular complexity index is 670. The van der Waals surface area contributed by atoms with Crippen molar-refractivity contribution < 1.29 is 27.2 Å². The minimum atomic E-state index is -4.62. The van der Waals surface area contributed by atoms with Crippen molar-refractivity contribution in [3.05, 3.63) is 22.8 Å². The van der Waals surface area contributed by atoms with E-state index in [0.29, 0.717) is 0 Å². The molecule has 0 aliphatic rings. The molecule has 5 nitrogen and oxygen atoms in total. The molecule has 0 saturated heterocycles. The van der Waals surface area contributed by atoms with E-state index < -0.39 is 11.9 Å². The molecule has 1 N–H and O–H groups in total. The van der Waals surface area contributed by atoms with Crippen LogP contribution in [0.25, 0.3) is 11.0 Å². The maximum Gasteiger partial charge on any atom is 0.437 e. The van der Waals surface area contributed by atoms with E-state index in [1.54, 1.807) is 0 Å². The Morgan fingerprint density at radius 3 is 2.81 bits per heavy atom. The summed E-state index contributed by atoms with van der Waals surface area (Å²) >= 11 is 5.93. The Kier molecular flexibility index (Phi) is 4.26. The van der Waals surface area contributed by atoms with Crippen LogP contribution in [0.2, 0.25) is 5.02 Å². The molecule has 0 saturated carbocycles. The zero-order valence-electron chi connectivity index (χ0n) is 10.8. The van der Waals surface area contributed by atoms with Crippen molar-refractivity contribution in [1.29, 1.82) is 0 Å². The summed E-state index contributed by atoms with van der Waals surface area (Å²) in [4.78, 5) is 10.7. The Morgan fingerprint density at radius 2 is 2.19 bits per heavy atom. The summed E-state index contributed by atoms with van der Waals surface area (Å²) < 4.78 is 47.9. The van der Waals surface area contributed by atoms with Crippen LogP contribution in [0.4, 0.5) is 13.2 Å². The van der Waals surface area contributed by atoms with Crippen LogP contribution in [0.15, 0.2) is 16.7 Å². The number of carbonyl (C=O) groups excluding carboxylic acids is 1. The molecule has 2 aromatic rings. The van der Waals surface area contributed by atoms with E-state index >= 15 is 0 Å². The zero-order valence-corrected chi connectivity index (χ0v) is 11.5. The quantitative estimate of drug-likeness (QED) is 0.879. The van der Waals surface area contributed by atoms with E-state index in [4.69, 9.17) is 16.3 Å². The van der Waals surface area contributed by atoms with Gasteiger partial charge in [0, 0.05) is 6.92 Å². The van der Waals surface area contributed by atoms with Crippen LogP contribution in [0, 0.1) is 0 Å². The summed E-state index contributed by atoms with van der Waals surface area (Å²) in [6.45, 7) is 1.71. The number of ether oxygens (including phenoxy) is 1. The lowest BCUT2D eigenvalue weighted by molar-refractivity contribution is -0.141. The summed E-state index contributed by atoms with van der Waals surface area (Å²) in [7, 11) is 0. The van der Waals surface area contributed by atoms with E-state index in [2.05, 4.69) is 15.0 Å². The van der Waals surface area contributed by atoms with Gasteiger partial charge >= 0.3 is 6.18 Å². The largest absolute Gasteiger partial charge is 0.490 e. The fraction of sp³-hybridized carbons (Fsp3) is 0.333. The predicted octanol–water partition coefficient (Wildman–Crippen LogP) is 3.01. The van der Waals surface area contributed by atoms with Crippen LogP contribution in [0.5, 0.6) is 5.75 Å². The maximum atomic E-state index is 12.7. The van der Waals surface area contributed by atoms with Gasteiger partial charge in [0.2, 0.25) is 5.91 Å². The Balaban J connectivity index is 2.21. The number of nitrogens with one attached hydrogen (secondary N) is 1. The second-order valence-corrected chi connectivity index (χ2v) is 4.49. The molecule has 0 unspecified atom stereocenters.